The van der Waals surface area contributed by atoms with Gasteiger partial charge in [0.1, 0.15) is 5.76 Å². The van der Waals surface area contributed by atoms with E-state index in [2.05, 4.69) is 5.16 Å². The van der Waals surface area contributed by atoms with E-state index in [9.17, 15) is 4.57 Å². The van der Waals surface area contributed by atoms with Gasteiger partial charge in [0.25, 0.3) is 5.88 Å². The zero-order valence-electron chi connectivity index (χ0n) is 12.4. The summed E-state index contributed by atoms with van der Waals surface area (Å²) in [5.74, 6) is 0.917. The van der Waals surface area contributed by atoms with Gasteiger partial charge >= 0.3 is 7.67 Å². The van der Waals surface area contributed by atoms with Crippen molar-refractivity contribution in [2.45, 2.75) is 34.6 Å². The average Bonchev–Trinajstić information content (AvgIpc) is 2.77. The number of nitrogens with zero attached hydrogens (tertiary/aromatic N) is 3. The maximum Gasteiger partial charge on any atom is 0.397 e. The number of aromatic nitrogens is 1. The van der Waals surface area contributed by atoms with Gasteiger partial charge in [-0.2, -0.15) is 0 Å². The lowest BCUT2D eigenvalue weighted by Crippen LogP contribution is -2.34. The van der Waals surface area contributed by atoms with Crippen molar-refractivity contribution in [1.29, 1.82) is 0 Å². The second-order valence-electron chi connectivity index (χ2n) is 4.14. The summed E-state index contributed by atoms with van der Waals surface area (Å²) >= 11 is 0. The highest BCUT2D eigenvalue weighted by atomic mass is 31.2. The smallest absolute Gasteiger partial charge is 0.397 e. The predicted molar refractivity (Wildman–Crippen MR) is 75.3 cm³/mol. The third kappa shape index (κ3) is 3.59. The summed E-state index contributed by atoms with van der Waals surface area (Å²) < 4.78 is 27.6. The molecule has 0 aliphatic heterocycles. The van der Waals surface area contributed by atoms with Gasteiger partial charge in [-0.3, -0.25) is 0 Å². The predicted octanol–water partition coefficient (Wildman–Crippen LogP) is 3.15. The normalized spacial score (nSPS) is 12.4. The molecule has 7 heteroatoms. The molecule has 0 saturated heterocycles. The second kappa shape index (κ2) is 7.08. The molecule has 110 valence electrons. The third-order valence-electron chi connectivity index (χ3n) is 2.99. The van der Waals surface area contributed by atoms with E-state index < -0.39 is 7.67 Å². The molecule has 0 aliphatic rings. The van der Waals surface area contributed by atoms with Gasteiger partial charge < -0.3 is 9.05 Å². The lowest BCUT2D eigenvalue weighted by molar-refractivity contribution is 0.280. The van der Waals surface area contributed by atoms with Crippen LogP contribution in [0, 0.1) is 6.92 Å². The topological polar surface area (TPSA) is 58.8 Å². The minimum Gasteiger partial charge on any atom is -0.400 e. The molecule has 0 N–H and O–H groups in total. The first kappa shape index (κ1) is 16.2. The molecular weight excluding hydrogens is 265 g/mol. The molecule has 1 aromatic rings. The molecule has 0 aromatic carbocycles. The van der Waals surface area contributed by atoms with Crippen LogP contribution in [0.2, 0.25) is 0 Å². The fourth-order valence-electron chi connectivity index (χ4n) is 1.96. The van der Waals surface area contributed by atoms with Gasteiger partial charge in [-0.15, -0.1) is 0 Å². The van der Waals surface area contributed by atoms with E-state index in [1.165, 1.54) is 0 Å². The molecule has 1 heterocycles. The van der Waals surface area contributed by atoms with Gasteiger partial charge in [0.05, 0.1) is 0 Å². The summed E-state index contributed by atoms with van der Waals surface area (Å²) in [5.41, 5.74) is 0. The van der Waals surface area contributed by atoms with E-state index in [0.717, 1.165) is 0 Å². The number of hydrogen-bond acceptors (Lipinski definition) is 4. The van der Waals surface area contributed by atoms with Gasteiger partial charge in [0, 0.05) is 32.2 Å². The fourth-order valence-corrected chi connectivity index (χ4v) is 4.31. The second-order valence-corrected chi connectivity index (χ2v) is 6.43. The van der Waals surface area contributed by atoms with Crippen LogP contribution < -0.4 is 4.52 Å². The summed E-state index contributed by atoms with van der Waals surface area (Å²) in [6.07, 6.45) is 0. The van der Waals surface area contributed by atoms with E-state index in [-0.39, 0.29) is 5.88 Å². The summed E-state index contributed by atoms with van der Waals surface area (Å²) in [4.78, 5) is 0. The standard InChI is InChI=1S/C12H24N3O3P/c1-6-14(7-2)19(16,15(8-3)9-4)18-12-10-11(5)17-13-12/h10H,6-9H2,1-5H3. The van der Waals surface area contributed by atoms with E-state index in [1.807, 2.05) is 37.0 Å². The first-order valence-corrected chi connectivity index (χ1v) is 8.28. The Bertz CT molecular complexity index is 412. The van der Waals surface area contributed by atoms with Crippen LogP contribution in [0.1, 0.15) is 33.5 Å². The maximum atomic E-state index is 13.3. The van der Waals surface area contributed by atoms with Gasteiger partial charge in [-0.05, 0) is 12.1 Å². The Morgan fingerprint density at radius 1 is 1.16 bits per heavy atom. The molecule has 0 amide bonds. The van der Waals surface area contributed by atoms with Crippen molar-refractivity contribution in [3.05, 3.63) is 11.8 Å². The van der Waals surface area contributed by atoms with E-state index in [4.69, 9.17) is 9.05 Å². The maximum absolute atomic E-state index is 13.3. The van der Waals surface area contributed by atoms with Gasteiger partial charge in [0.2, 0.25) is 0 Å². The zero-order valence-corrected chi connectivity index (χ0v) is 13.3. The largest absolute Gasteiger partial charge is 0.400 e. The highest BCUT2D eigenvalue weighted by molar-refractivity contribution is 7.54. The zero-order chi connectivity index (χ0) is 14.5. The fraction of sp³-hybridized carbons (Fsp3) is 0.750. The van der Waals surface area contributed by atoms with Gasteiger partial charge in [-0.25, -0.2) is 13.9 Å². The summed E-state index contributed by atoms with van der Waals surface area (Å²) in [6, 6.07) is 1.65. The van der Waals surface area contributed by atoms with E-state index >= 15 is 0 Å². The van der Waals surface area contributed by atoms with Crippen molar-refractivity contribution in [2.75, 3.05) is 26.2 Å². The Morgan fingerprint density at radius 3 is 1.95 bits per heavy atom. The molecule has 0 aliphatic carbocycles. The van der Waals surface area contributed by atoms with Crippen molar-refractivity contribution in [2.24, 2.45) is 0 Å². The van der Waals surface area contributed by atoms with Crippen LogP contribution in [0.5, 0.6) is 5.88 Å². The lowest BCUT2D eigenvalue weighted by atomic mass is 10.5. The number of aryl methyl sites for hydroxylation is 1. The van der Waals surface area contributed by atoms with Gasteiger partial charge in [-0.1, -0.05) is 27.7 Å². The first-order chi connectivity index (χ1) is 9.01. The van der Waals surface area contributed by atoms with Crippen molar-refractivity contribution in [1.82, 2.24) is 14.5 Å². The summed E-state index contributed by atoms with van der Waals surface area (Å²) in [6.45, 7) is 12.3. The molecule has 0 radical (unpaired) electrons. The molecule has 0 atom stereocenters. The Hall–Kier alpha value is -0.840. The number of rotatable bonds is 8. The average molecular weight is 289 g/mol. The minimum atomic E-state index is -3.10. The van der Waals surface area contributed by atoms with Crippen LogP contribution in [-0.2, 0) is 4.57 Å². The molecule has 0 bridgehead atoms. The molecule has 0 fully saturated rings. The Kier molecular flexibility index (Phi) is 6.04. The lowest BCUT2D eigenvalue weighted by Gasteiger charge is -2.35. The van der Waals surface area contributed by atoms with Crippen molar-refractivity contribution in [3.63, 3.8) is 0 Å². The molecule has 19 heavy (non-hydrogen) atoms. The van der Waals surface area contributed by atoms with Crippen LogP contribution >= 0.6 is 7.67 Å². The highest BCUT2D eigenvalue weighted by Gasteiger charge is 2.38. The van der Waals surface area contributed by atoms with Crippen molar-refractivity contribution in [3.8, 4) is 5.88 Å². The van der Waals surface area contributed by atoms with Crippen molar-refractivity contribution >= 4 is 7.67 Å². The molecule has 0 spiro atoms. The quantitative estimate of drug-likeness (QED) is 0.685. The molecular formula is C12H24N3O3P. The van der Waals surface area contributed by atoms with Crippen LogP contribution in [-0.4, -0.2) is 40.7 Å². The molecule has 6 nitrogen and oxygen atoms in total. The molecule has 1 rings (SSSR count). The summed E-state index contributed by atoms with van der Waals surface area (Å²) in [7, 11) is -3.10. The third-order valence-corrected chi connectivity index (χ3v) is 5.98. The first-order valence-electron chi connectivity index (χ1n) is 6.75. The minimum absolute atomic E-state index is 0.277. The van der Waals surface area contributed by atoms with Crippen LogP contribution in [0.25, 0.3) is 0 Å². The summed E-state index contributed by atoms with van der Waals surface area (Å²) in [5, 5.41) is 3.78. The van der Waals surface area contributed by atoms with Gasteiger partial charge in [0.15, 0.2) is 0 Å². The van der Waals surface area contributed by atoms with Crippen LogP contribution in [0.3, 0.4) is 0 Å². The molecule has 0 saturated carbocycles. The van der Waals surface area contributed by atoms with Crippen molar-refractivity contribution < 1.29 is 13.6 Å². The highest BCUT2D eigenvalue weighted by Crippen LogP contribution is 2.53. The van der Waals surface area contributed by atoms with E-state index in [1.54, 1.807) is 13.0 Å². The molecule has 0 unspecified atom stereocenters. The van der Waals surface area contributed by atoms with Crippen LogP contribution in [0.4, 0.5) is 0 Å². The SMILES string of the molecule is CCN(CC)P(=O)(Oc1cc(C)on1)N(CC)CC. The van der Waals surface area contributed by atoms with E-state index in [0.29, 0.717) is 31.9 Å². The Morgan fingerprint density at radius 2 is 1.63 bits per heavy atom. The Balaban J connectivity index is 3.07. The Labute approximate surface area is 115 Å². The monoisotopic (exact) mass is 289 g/mol. The van der Waals surface area contributed by atoms with Crippen LogP contribution in [0.15, 0.2) is 10.6 Å². The molecule has 1 aromatic heterocycles. The number of hydrogen-bond donors (Lipinski definition) is 0.